The number of aromatic amines is 1. The molecule has 5 aromatic rings. The number of nitrogens with zero attached hydrogens (tertiary/aromatic N) is 7. The Kier molecular flexibility index (Phi) is 8.14. The summed E-state index contributed by atoms with van der Waals surface area (Å²) in [4.78, 5) is 40.6. The third kappa shape index (κ3) is 5.96. The highest BCUT2D eigenvalue weighted by molar-refractivity contribution is 6.03. The van der Waals surface area contributed by atoms with Crippen molar-refractivity contribution in [2.75, 3.05) is 44.2 Å². The third-order valence-corrected chi connectivity index (χ3v) is 11.4. The van der Waals surface area contributed by atoms with Crippen molar-refractivity contribution in [1.82, 2.24) is 34.7 Å². The van der Waals surface area contributed by atoms with E-state index in [0.717, 1.165) is 32.2 Å². The molecule has 2 N–H and O–H groups in total. The Hall–Kier alpha value is -5.42. The number of nitrogens with one attached hydrogen (secondary N) is 1. The van der Waals surface area contributed by atoms with E-state index in [9.17, 15) is 18.7 Å². The van der Waals surface area contributed by atoms with Gasteiger partial charge in [0, 0.05) is 55.3 Å². The average molecular weight is 723 g/mol. The summed E-state index contributed by atoms with van der Waals surface area (Å²) in [7, 11) is 0. The van der Waals surface area contributed by atoms with Crippen LogP contribution in [0.1, 0.15) is 54.6 Å². The summed E-state index contributed by atoms with van der Waals surface area (Å²) in [5, 5.41) is 11.6. The van der Waals surface area contributed by atoms with E-state index in [1.165, 1.54) is 43.0 Å². The minimum atomic E-state index is -0.804. The Morgan fingerprint density at radius 1 is 1.08 bits per heavy atom. The number of anilines is 1. The van der Waals surface area contributed by atoms with Gasteiger partial charge in [-0.15, -0.1) is 6.42 Å². The van der Waals surface area contributed by atoms with Crippen LogP contribution in [0.5, 0.6) is 11.8 Å². The van der Waals surface area contributed by atoms with Gasteiger partial charge >= 0.3 is 6.01 Å². The summed E-state index contributed by atoms with van der Waals surface area (Å²) in [5.41, 5.74) is 0.122. The first-order valence-electron chi connectivity index (χ1n) is 18.0. The molecule has 272 valence electrons. The second-order valence-electron chi connectivity index (χ2n) is 14.9. The summed E-state index contributed by atoms with van der Waals surface area (Å²) in [6.07, 6.45) is 14.0. The summed E-state index contributed by atoms with van der Waals surface area (Å²) in [6, 6.07) is 5.19. The van der Waals surface area contributed by atoms with Gasteiger partial charge in [-0.2, -0.15) is 9.97 Å². The molecule has 6 heterocycles. The van der Waals surface area contributed by atoms with Gasteiger partial charge in [-0.05, 0) is 62.1 Å². The Balaban J connectivity index is 1.11. The molecule has 9 rings (SSSR count). The number of rotatable bonds is 8. The van der Waals surface area contributed by atoms with Crippen LogP contribution in [-0.4, -0.2) is 103 Å². The van der Waals surface area contributed by atoms with Crippen LogP contribution < -0.4 is 9.64 Å². The van der Waals surface area contributed by atoms with Gasteiger partial charge in [0.15, 0.2) is 5.82 Å². The van der Waals surface area contributed by atoms with Gasteiger partial charge in [0.05, 0.1) is 42.2 Å². The summed E-state index contributed by atoms with van der Waals surface area (Å²) < 4.78 is 52.1. The molecular formula is C39H37F3N8O3. The number of carbonyl (C=O) groups is 1. The van der Waals surface area contributed by atoms with Gasteiger partial charge in [0.1, 0.15) is 40.5 Å². The number of fused-ring (bicyclic) bond motifs is 4. The number of hydrogen-bond acceptors (Lipinski definition) is 9. The highest BCUT2D eigenvalue weighted by atomic mass is 19.1. The standard InChI is InChI=1S/C39H37F3N8O3/c1-2-27-30(41)6-3-22-13-26(51)14-28(32(22)27)34-33(42)35-29(15-44-34)36(49-17-24-4-5-25(18-49)50(24)37(52)31-16-43-21-45-31)47-38(46-35)53-20-39(9-10-39)19-48-11-7-23(40)8-12-48/h1,3,6,13-16,21,23-25,51H,4-5,7-12,17-20H2,(H,43,45). The van der Waals surface area contributed by atoms with E-state index in [2.05, 4.69) is 30.8 Å². The number of H-pyrrole nitrogens is 1. The van der Waals surface area contributed by atoms with E-state index in [-0.39, 0.29) is 62.9 Å². The lowest BCUT2D eigenvalue weighted by Crippen LogP contribution is -2.56. The third-order valence-electron chi connectivity index (χ3n) is 11.4. The fourth-order valence-electron chi connectivity index (χ4n) is 8.46. The Morgan fingerprint density at radius 2 is 1.85 bits per heavy atom. The monoisotopic (exact) mass is 722 g/mol. The number of benzene rings is 2. The largest absolute Gasteiger partial charge is 0.508 e. The Labute approximate surface area is 303 Å². The van der Waals surface area contributed by atoms with Gasteiger partial charge < -0.3 is 29.5 Å². The number of ether oxygens (including phenoxy) is 1. The first kappa shape index (κ1) is 33.4. The van der Waals surface area contributed by atoms with Crippen LogP contribution in [0.4, 0.5) is 19.0 Å². The van der Waals surface area contributed by atoms with Crippen LogP contribution in [0, 0.1) is 29.4 Å². The smallest absolute Gasteiger partial charge is 0.319 e. The minimum Gasteiger partial charge on any atom is -0.508 e. The fourth-order valence-corrected chi connectivity index (χ4v) is 8.46. The maximum atomic E-state index is 17.0. The zero-order valence-corrected chi connectivity index (χ0v) is 28.9. The fraction of sp³-hybridized carbons (Fsp3) is 0.410. The molecule has 14 heteroatoms. The number of halogens is 3. The zero-order chi connectivity index (χ0) is 36.4. The predicted octanol–water partition coefficient (Wildman–Crippen LogP) is 5.62. The van der Waals surface area contributed by atoms with Gasteiger partial charge in [-0.3, -0.25) is 9.78 Å². The molecule has 3 saturated heterocycles. The molecule has 0 radical (unpaired) electrons. The van der Waals surface area contributed by atoms with Crippen molar-refractivity contribution in [3.05, 3.63) is 65.9 Å². The summed E-state index contributed by atoms with van der Waals surface area (Å²) in [6.45, 7) is 3.38. The molecule has 2 atom stereocenters. The number of amides is 1. The van der Waals surface area contributed by atoms with Crippen molar-refractivity contribution in [3.63, 3.8) is 0 Å². The Bertz CT molecular complexity index is 2270. The first-order valence-corrected chi connectivity index (χ1v) is 18.0. The zero-order valence-electron chi connectivity index (χ0n) is 28.9. The van der Waals surface area contributed by atoms with Gasteiger partial charge in [0.2, 0.25) is 0 Å². The maximum Gasteiger partial charge on any atom is 0.319 e. The molecule has 2 bridgehead atoms. The van der Waals surface area contributed by atoms with Crippen LogP contribution in [0.25, 0.3) is 32.9 Å². The SMILES string of the molecule is C#Cc1c(F)ccc2cc(O)cc(-c3ncc4c(N5CC6CCC(C5)N6C(=O)c5cnc[nH]5)nc(OCC5(CN6CCC(F)CC6)CC5)nc4c3F)c12. The van der Waals surface area contributed by atoms with Crippen LogP contribution in [0.15, 0.2) is 43.0 Å². The van der Waals surface area contributed by atoms with Crippen LogP contribution >= 0.6 is 0 Å². The number of alkyl halides is 1. The highest BCUT2D eigenvalue weighted by Gasteiger charge is 2.46. The number of imidazole rings is 1. The number of piperazine rings is 1. The normalized spacial score (nSPS) is 21.3. The van der Waals surface area contributed by atoms with Gasteiger partial charge in [-0.25, -0.2) is 18.2 Å². The van der Waals surface area contributed by atoms with Crippen LogP contribution in [-0.2, 0) is 0 Å². The van der Waals surface area contributed by atoms with Crippen molar-refractivity contribution in [1.29, 1.82) is 0 Å². The predicted molar refractivity (Wildman–Crippen MR) is 191 cm³/mol. The molecule has 11 nitrogen and oxygen atoms in total. The number of terminal acetylenes is 1. The quantitative estimate of drug-likeness (QED) is 0.197. The second-order valence-corrected chi connectivity index (χ2v) is 14.9. The lowest BCUT2D eigenvalue weighted by molar-refractivity contribution is 0.0635. The number of phenolic OH excluding ortho intramolecular Hbond substituents is 1. The van der Waals surface area contributed by atoms with Crippen molar-refractivity contribution < 1.29 is 27.8 Å². The lowest BCUT2D eigenvalue weighted by Gasteiger charge is -2.41. The van der Waals surface area contributed by atoms with E-state index in [4.69, 9.17) is 16.1 Å². The molecule has 1 amide bonds. The van der Waals surface area contributed by atoms with Crippen molar-refractivity contribution in [3.8, 4) is 35.4 Å². The number of piperidine rings is 1. The number of likely N-dealkylation sites (tertiary alicyclic amines) is 1. The molecule has 1 saturated carbocycles. The Morgan fingerprint density at radius 3 is 2.55 bits per heavy atom. The van der Waals surface area contributed by atoms with E-state index in [1.54, 1.807) is 0 Å². The molecular weight excluding hydrogens is 685 g/mol. The van der Waals surface area contributed by atoms with Crippen LogP contribution in [0.3, 0.4) is 0 Å². The molecule has 3 aliphatic heterocycles. The number of aromatic hydroxyl groups is 1. The topological polar surface area (TPSA) is 124 Å². The molecule has 4 aliphatic rings. The summed E-state index contributed by atoms with van der Waals surface area (Å²) in [5.74, 6) is 1.06. The maximum absolute atomic E-state index is 17.0. The number of aromatic nitrogens is 5. The molecule has 2 unspecified atom stereocenters. The van der Waals surface area contributed by atoms with E-state index in [0.29, 0.717) is 67.9 Å². The second kappa shape index (κ2) is 12.9. The molecule has 53 heavy (non-hydrogen) atoms. The molecule has 2 aromatic carbocycles. The molecule has 4 fully saturated rings. The van der Waals surface area contributed by atoms with Crippen molar-refractivity contribution >= 4 is 33.4 Å². The molecule has 0 spiro atoms. The average Bonchev–Trinajstić information content (AvgIpc) is 3.57. The molecule has 3 aromatic heterocycles. The van der Waals surface area contributed by atoms with E-state index >= 15 is 4.39 Å². The summed E-state index contributed by atoms with van der Waals surface area (Å²) >= 11 is 0. The van der Waals surface area contributed by atoms with Gasteiger partial charge in [0.25, 0.3) is 5.91 Å². The number of pyridine rings is 1. The number of hydrogen-bond donors (Lipinski definition) is 2. The van der Waals surface area contributed by atoms with Crippen molar-refractivity contribution in [2.45, 2.75) is 56.8 Å². The first-order chi connectivity index (χ1) is 25.7. The van der Waals surface area contributed by atoms with E-state index < -0.39 is 17.8 Å². The van der Waals surface area contributed by atoms with Gasteiger partial charge in [-0.1, -0.05) is 12.0 Å². The highest BCUT2D eigenvalue weighted by Crippen LogP contribution is 2.47. The minimum absolute atomic E-state index is 0.00303. The molecule has 1 aliphatic carbocycles. The van der Waals surface area contributed by atoms with Crippen molar-refractivity contribution in [2.24, 2.45) is 5.41 Å². The van der Waals surface area contributed by atoms with E-state index in [1.807, 2.05) is 9.80 Å². The van der Waals surface area contributed by atoms with Crippen LogP contribution in [0.2, 0.25) is 0 Å². The number of carbonyl (C=O) groups excluding carboxylic acids is 1. The lowest BCUT2D eigenvalue weighted by atomic mass is 9.96. The number of phenols is 1.